The van der Waals surface area contributed by atoms with Gasteiger partial charge in [0.25, 0.3) is 0 Å². The van der Waals surface area contributed by atoms with E-state index < -0.39 is 0 Å². The van der Waals surface area contributed by atoms with Gasteiger partial charge in [-0.25, -0.2) is 0 Å². The lowest BCUT2D eigenvalue weighted by molar-refractivity contribution is 0.933. The Labute approximate surface area is 91.4 Å². The van der Waals surface area contributed by atoms with Gasteiger partial charge in [0.2, 0.25) is 0 Å². The summed E-state index contributed by atoms with van der Waals surface area (Å²) >= 11 is 1.96. The molecule has 1 aromatic rings. The van der Waals surface area contributed by atoms with Gasteiger partial charge in [-0.1, -0.05) is 35.9 Å². The summed E-state index contributed by atoms with van der Waals surface area (Å²) in [7, 11) is 0. The van der Waals surface area contributed by atoms with Crippen LogP contribution in [-0.4, -0.2) is 11.5 Å². The van der Waals surface area contributed by atoms with Crippen LogP contribution >= 0.6 is 11.8 Å². The molecule has 0 aromatic heterocycles. The molecule has 0 unspecified atom stereocenters. The lowest BCUT2D eigenvalue weighted by Gasteiger charge is -2.01. The van der Waals surface area contributed by atoms with E-state index in [1.165, 1.54) is 29.7 Å². The Morgan fingerprint density at radius 2 is 2.00 bits per heavy atom. The molecular formula is C13H18S. The van der Waals surface area contributed by atoms with Crippen LogP contribution in [0.3, 0.4) is 0 Å². The predicted octanol–water partition coefficient (Wildman–Crippen LogP) is 3.85. The zero-order chi connectivity index (χ0) is 10.2. The highest BCUT2D eigenvalue weighted by Crippen LogP contribution is 2.09. The molecule has 1 heteroatoms. The summed E-state index contributed by atoms with van der Waals surface area (Å²) in [5, 5.41) is 0. The molecule has 0 N–H and O–H groups in total. The fraction of sp³-hybridized carbons (Fsp3) is 0.385. The van der Waals surface area contributed by atoms with Crippen LogP contribution in [0.4, 0.5) is 0 Å². The van der Waals surface area contributed by atoms with Crippen LogP contribution in [0.1, 0.15) is 17.5 Å². The Balaban J connectivity index is 2.18. The fourth-order valence-electron chi connectivity index (χ4n) is 1.30. The lowest BCUT2D eigenvalue weighted by atomic mass is 10.1. The van der Waals surface area contributed by atoms with E-state index in [-0.39, 0.29) is 0 Å². The third-order valence-corrected chi connectivity index (χ3v) is 3.16. The van der Waals surface area contributed by atoms with Gasteiger partial charge >= 0.3 is 0 Å². The Kier molecular flexibility index (Phi) is 5.46. The molecule has 0 amide bonds. The number of aryl methyl sites for hydroxylation is 2. The SMILES string of the molecule is C=CCSCCCc1ccc(C)cc1. The molecule has 0 nitrogen and oxygen atoms in total. The quantitative estimate of drug-likeness (QED) is 0.503. The van der Waals surface area contributed by atoms with E-state index in [4.69, 9.17) is 0 Å². The van der Waals surface area contributed by atoms with Crippen LogP contribution in [-0.2, 0) is 6.42 Å². The van der Waals surface area contributed by atoms with Gasteiger partial charge in [0.15, 0.2) is 0 Å². The van der Waals surface area contributed by atoms with Gasteiger partial charge in [-0.05, 0) is 31.1 Å². The molecule has 0 saturated carbocycles. The van der Waals surface area contributed by atoms with E-state index in [9.17, 15) is 0 Å². The lowest BCUT2D eigenvalue weighted by Crippen LogP contribution is -1.88. The highest BCUT2D eigenvalue weighted by Gasteiger charge is 1.92. The average molecular weight is 206 g/mol. The van der Waals surface area contributed by atoms with Gasteiger partial charge in [-0.3, -0.25) is 0 Å². The molecular weight excluding hydrogens is 188 g/mol. The molecule has 76 valence electrons. The Bertz CT molecular complexity index is 261. The van der Waals surface area contributed by atoms with E-state index in [0.29, 0.717) is 0 Å². The van der Waals surface area contributed by atoms with Crippen molar-refractivity contribution in [3.63, 3.8) is 0 Å². The predicted molar refractivity (Wildman–Crippen MR) is 67.0 cm³/mol. The second-order valence-electron chi connectivity index (χ2n) is 3.45. The third-order valence-electron chi connectivity index (χ3n) is 2.11. The summed E-state index contributed by atoms with van der Waals surface area (Å²) < 4.78 is 0. The van der Waals surface area contributed by atoms with Crippen LogP contribution in [0.5, 0.6) is 0 Å². The van der Waals surface area contributed by atoms with E-state index in [0.717, 1.165) is 5.75 Å². The van der Waals surface area contributed by atoms with Crippen molar-refractivity contribution >= 4 is 11.8 Å². The summed E-state index contributed by atoms with van der Waals surface area (Å²) in [6.07, 6.45) is 4.43. The molecule has 0 aliphatic rings. The average Bonchev–Trinajstić information content (AvgIpc) is 2.21. The maximum atomic E-state index is 3.71. The molecule has 14 heavy (non-hydrogen) atoms. The van der Waals surface area contributed by atoms with Crippen LogP contribution in [0.2, 0.25) is 0 Å². The first kappa shape index (κ1) is 11.4. The first-order valence-electron chi connectivity index (χ1n) is 5.07. The number of rotatable bonds is 6. The highest BCUT2D eigenvalue weighted by atomic mass is 32.2. The molecule has 0 spiro atoms. The van der Waals surface area contributed by atoms with E-state index in [1.807, 2.05) is 17.8 Å². The van der Waals surface area contributed by atoms with Crippen molar-refractivity contribution in [2.45, 2.75) is 19.8 Å². The third kappa shape index (κ3) is 4.52. The zero-order valence-electron chi connectivity index (χ0n) is 8.83. The molecule has 0 atom stereocenters. The maximum Gasteiger partial charge on any atom is 0.0110 e. The Morgan fingerprint density at radius 3 is 2.64 bits per heavy atom. The highest BCUT2D eigenvalue weighted by molar-refractivity contribution is 7.99. The van der Waals surface area contributed by atoms with Crippen LogP contribution in [0, 0.1) is 6.92 Å². The summed E-state index contributed by atoms with van der Waals surface area (Å²) in [5.41, 5.74) is 2.80. The van der Waals surface area contributed by atoms with E-state index >= 15 is 0 Å². The Hall–Kier alpha value is -0.690. The molecule has 0 aliphatic carbocycles. The molecule has 0 aliphatic heterocycles. The first-order chi connectivity index (χ1) is 6.83. The molecule has 0 fully saturated rings. The van der Waals surface area contributed by atoms with Gasteiger partial charge in [-0.15, -0.1) is 6.58 Å². The normalized spacial score (nSPS) is 10.1. The molecule has 1 rings (SSSR count). The zero-order valence-corrected chi connectivity index (χ0v) is 9.65. The van der Waals surface area contributed by atoms with E-state index in [1.54, 1.807) is 0 Å². The molecule has 0 bridgehead atoms. The second kappa shape index (κ2) is 6.72. The van der Waals surface area contributed by atoms with Gasteiger partial charge in [0, 0.05) is 5.75 Å². The van der Waals surface area contributed by atoms with Gasteiger partial charge < -0.3 is 0 Å². The van der Waals surface area contributed by atoms with Crippen LogP contribution < -0.4 is 0 Å². The molecule has 0 saturated heterocycles. The van der Waals surface area contributed by atoms with Crippen molar-refractivity contribution < 1.29 is 0 Å². The molecule has 0 radical (unpaired) electrons. The van der Waals surface area contributed by atoms with Gasteiger partial charge in [0.05, 0.1) is 0 Å². The second-order valence-corrected chi connectivity index (χ2v) is 4.60. The van der Waals surface area contributed by atoms with Crippen LogP contribution in [0.25, 0.3) is 0 Å². The minimum Gasteiger partial charge on any atom is -0.158 e. The van der Waals surface area contributed by atoms with Crippen molar-refractivity contribution in [3.8, 4) is 0 Å². The minimum atomic E-state index is 1.08. The summed E-state index contributed by atoms with van der Waals surface area (Å²) in [4.78, 5) is 0. The fourth-order valence-corrected chi connectivity index (χ4v) is 1.98. The van der Waals surface area contributed by atoms with Crippen molar-refractivity contribution in [2.24, 2.45) is 0 Å². The monoisotopic (exact) mass is 206 g/mol. The van der Waals surface area contributed by atoms with Gasteiger partial charge in [0.1, 0.15) is 0 Å². The smallest absolute Gasteiger partial charge is 0.0110 e. The molecule has 0 heterocycles. The summed E-state index contributed by atoms with van der Waals surface area (Å²) in [5.74, 6) is 2.31. The van der Waals surface area contributed by atoms with Crippen LogP contribution in [0.15, 0.2) is 36.9 Å². The van der Waals surface area contributed by atoms with Crippen molar-refractivity contribution in [3.05, 3.63) is 48.0 Å². The van der Waals surface area contributed by atoms with Crippen molar-refractivity contribution in [1.29, 1.82) is 0 Å². The largest absolute Gasteiger partial charge is 0.158 e. The number of benzene rings is 1. The minimum absolute atomic E-state index is 1.08. The number of thioether (sulfide) groups is 1. The molecule has 1 aromatic carbocycles. The Morgan fingerprint density at radius 1 is 1.29 bits per heavy atom. The maximum absolute atomic E-state index is 3.71. The first-order valence-corrected chi connectivity index (χ1v) is 6.22. The summed E-state index contributed by atoms with van der Waals surface area (Å²) in [6.45, 7) is 5.83. The van der Waals surface area contributed by atoms with E-state index in [2.05, 4.69) is 37.8 Å². The van der Waals surface area contributed by atoms with Gasteiger partial charge in [-0.2, -0.15) is 11.8 Å². The topological polar surface area (TPSA) is 0 Å². The standard InChI is InChI=1S/C13H18S/c1-3-10-14-11-4-5-13-8-6-12(2)7-9-13/h3,6-9H,1,4-5,10-11H2,2H3. The van der Waals surface area contributed by atoms with Crippen molar-refractivity contribution in [1.82, 2.24) is 0 Å². The summed E-state index contributed by atoms with van der Waals surface area (Å²) in [6, 6.07) is 8.83. The number of hydrogen-bond acceptors (Lipinski definition) is 1. The van der Waals surface area contributed by atoms with Crippen molar-refractivity contribution in [2.75, 3.05) is 11.5 Å². The number of hydrogen-bond donors (Lipinski definition) is 0.